The van der Waals surface area contributed by atoms with Gasteiger partial charge in [-0.05, 0) is 24.3 Å². The molecule has 0 radical (unpaired) electrons. The van der Waals surface area contributed by atoms with Gasteiger partial charge in [0.25, 0.3) is 11.5 Å². The summed E-state index contributed by atoms with van der Waals surface area (Å²) in [6.07, 6.45) is 9.92. The highest BCUT2D eigenvalue weighted by Gasteiger charge is 2.08. The van der Waals surface area contributed by atoms with Gasteiger partial charge in [0.2, 0.25) is 9.23 Å². The van der Waals surface area contributed by atoms with E-state index in [0.29, 0.717) is 48.4 Å². The maximum atomic E-state index is 11.1. The van der Waals surface area contributed by atoms with Crippen LogP contribution in [0.4, 0.5) is 11.5 Å². The number of aromatic carboxylic acids is 1. The average Bonchev–Trinajstić information content (AvgIpc) is 3.11. The van der Waals surface area contributed by atoms with E-state index in [1.165, 1.54) is 43.5 Å². The zero-order valence-corrected chi connectivity index (χ0v) is 34.4. The molecule has 7 aromatic rings. The third-order valence-corrected chi connectivity index (χ3v) is 6.71. The molecule has 28 heteroatoms. The first kappa shape index (κ1) is 58.4. The fourth-order valence-corrected chi connectivity index (χ4v) is 4.25. The van der Waals surface area contributed by atoms with Gasteiger partial charge >= 0.3 is 5.97 Å². The second-order valence-corrected chi connectivity index (χ2v) is 13.8. The van der Waals surface area contributed by atoms with Crippen molar-refractivity contribution in [1.82, 2.24) is 56.0 Å². The number of aliphatic carboxylic acids is 1. The Balaban J connectivity index is -0.000000654. The summed E-state index contributed by atoms with van der Waals surface area (Å²) in [5, 5.41) is 19.4. The summed E-state index contributed by atoms with van der Waals surface area (Å²) < 4.78 is 9.09. The van der Waals surface area contributed by atoms with Crippen LogP contribution in [0.1, 0.15) is 32.1 Å². The SMILES string of the molecule is C.C.CC(=O)O.Clc1cc2c(Cl)ncnc2cn1.N.Nc1cnc(Cl)cc1C(=O)O.Nc1ncnc2cnc(Cl)cc12.O.O=S(Cl)Cl.O=c1[nH]cnc2cnc(Cl)cc12. The van der Waals surface area contributed by atoms with Crippen molar-refractivity contribution in [2.75, 3.05) is 11.5 Å². The molecule has 0 aliphatic carbocycles. The lowest BCUT2D eigenvalue weighted by molar-refractivity contribution is -0.134. The molecule has 0 bridgehead atoms. The normalized spacial score (nSPS) is 9.17. The summed E-state index contributed by atoms with van der Waals surface area (Å²) in [6, 6.07) is 5.98. The zero-order chi connectivity index (χ0) is 41.2. The molecule has 0 atom stereocenters. The summed E-state index contributed by atoms with van der Waals surface area (Å²) >= 11 is 28.2. The summed E-state index contributed by atoms with van der Waals surface area (Å²) in [4.78, 5) is 67.6. The molecular formula is C31H34Cl7N13O7S. The molecule has 7 heterocycles. The van der Waals surface area contributed by atoms with Gasteiger partial charge in [0, 0.05) is 39.1 Å². The van der Waals surface area contributed by atoms with Gasteiger partial charge in [-0.3, -0.25) is 9.59 Å². The van der Waals surface area contributed by atoms with Crippen LogP contribution < -0.4 is 23.2 Å². The summed E-state index contributed by atoms with van der Waals surface area (Å²) in [5.74, 6) is -1.52. The number of carboxylic acids is 2. The van der Waals surface area contributed by atoms with Crippen LogP contribution >= 0.6 is 79.4 Å². The number of nitrogens with one attached hydrogen (secondary N) is 1. The number of nitrogens with two attached hydrogens (primary N) is 2. The predicted octanol–water partition coefficient (Wildman–Crippen LogP) is 7.32. The number of aromatic nitrogens is 10. The van der Waals surface area contributed by atoms with Crippen molar-refractivity contribution in [3.63, 3.8) is 0 Å². The maximum absolute atomic E-state index is 11.1. The first-order valence-corrected chi connectivity index (χ1v) is 18.6. The highest BCUT2D eigenvalue weighted by atomic mass is 36.0. The third kappa shape index (κ3) is 21.1. The lowest BCUT2D eigenvalue weighted by Gasteiger charge is -1.98. The maximum Gasteiger partial charge on any atom is 0.337 e. The number of rotatable bonds is 1. The monoisotopic (exact) mass is 977 g/mol. The number of H-pyrrole nitrogens is 1. The van der Waals surface area contributed by atoms with E-state index < -0.39 is 21.2 Å². The van der Waals surface area contributed by atoms with Crippen LogP contribution in [-0.4, -0.2) is 81.7 Å². The van der Waals surface area contributed by atoms with Crippen molar-refractivity contribution in [3.05, 3.63) is 110 Å². The number of carbonyl (C=O) groups is 2. The summed E-state index contributed by atoms with van der Waals surface area (Å²) in [5.41, 5.74) is 12.7. The highest BCUT2D eigenvalue weighted by Crippen LogP contribution is 2.21. The lowest BCUT2D eigenvalue weighted by atomic mass is 10.2. The van der Waals surface area contributed by atoms with Crippen molar-refractivity contribution in [3.8, 4) is 0 Å². The molecule has 12 N–H and O–H groups in total. The molecule has 20 nitrogen and oxygen atoms in total. The Hall–Kier alpha value is -4.94. The van der Waals surface area contributed by atoms with Gasteiger partial charge in [-0.1, -0.05) is 72.9 Å². The molecule has 0 spiro atoms. The topological polar surface area (TPSA) is 359 Å². The van der Waals surface area contributed by atoms with E-state index in [2.05, 4.69) is 71.2 Å². The Kier molecular flexibility index (Phi) is 29.0. The lowest BCUT2D eigenvalue weighted by Crippen LogP contribution is -2.06. The Bertz CT molecular complexity index is 2410. The quantitative estimate of drug-likeness (QED) is 0.0532. The molecule has 59 heavy (non-hydrogen) atoms. The molecule has 0 aliphatic heterocycles. The van der Waals surface area contributed by atoms with E-state index in [4.69, 9.17) is 88.7 Å². The number of pyridine rings is 4. The number of nitrogen functional groups attached to an aromatic ring is 2. The average molecular weight is 981 g/mol. The smallest absolute Gasteiger partial charge is 0.337 e. The van der Waals surface area contributed by atoms with E-state index in [1.807, 2.05) is 0 Å². The number of carboxylic acid groups (broad SMARTS) is 2. The zero-order valence-electron chi connectivity index (χ0n) is 28.3. The number of aromatic amines is 1. The first-order valence-electron chi connectivity index (χ1n) is 13.9. The molecule has 0 aromatic carbocycles. The minimum atomic E-state index is -1.67. The minimum absolute atomic E-state index is 0. The van der Waals surface area contributed by atoms with E-state index >= 15 is 0 Å². The number of hydrogen-bond donors (Lipinski definition) is 6. The van der Waals surface area contributed by atoms with Crippen LogP contribution in [0.15, 0.2) is 72.8 Å². The van der Waals surface area contributed by atoms with Gasteiger partial charge in [-0.2, -0.15) is 0 Å². The Morgan fingerprint density at radius 3 is 1.53 bits per heavy atom. The Morgan fingerprint density at radius 1 is 0.661 bits per heavy atom. The van der Waals surface area contributed by atoms with Crippen LogP contribution in [0.5, 0.6) is 0 Å². The van der Waals surface area contributed by atoms with Crippen LogP contribution in [-0.2, 0) is 14.0 Å². The van der Waals surface area contributed by atoms with Crippen LogP contribution in [0.25, 0.3) is 32.7 Å². The van der Waals surface area contributed by atoms with Gasteiger partial charge < -0.3 is 38.3 Å². The van der Waals surface area contributed by atoms with Gasteiger partial charge in [0.1, 0.15) is 44.2 Å². The fourth-order valence-electron chi connectivity index (χ4n) is 3.43. The second-order valence-electron chi connectivity index (χ2n) is 9.33. The molecular weight excluding hydrogens is 947 g/mol. The Morgan fingerprint density at radius 2 is 1.05 bits per heavy atom. The van der Waals surface area contributed by atoms with Gasteiger partial charge in [0.15, 0.2) is 0 Å². The van der Waals surface area contributed by atoms with Crippen LogP contribution in [0, 0.1) is 0 Å². The molecule has 7 aromatic heterocycles. The highest BCUT2D eigenvalue weighted by molar-refractivity contribution is 8.26. The minimum Gasteiger partial charge on any atom is -0.481 e. The van der Waals surface area contributed by atoms with Gasteiger partial charge in [0.05, 0.1) is 64.3 Å². The van der Waals surface area contributed by atoms with Gasteiger partial charge in [-0.25, -0.2) is 53.9 Å². The van der Waals surface area contributed by atoms with E-state index in [0.717, 1.165) is 17.7 Å². The van der Waals surface area contributed by atoms with Crippen molar-refractivity contribution < 1.29 is 29.5 Å². The molecule has 7 rings (SSSR count). The van der Waals surface area contributed by atoms with E-state index in [-0.39, 0.29) is 48.4 Å². The molecule has 0 aliphatic rings. The second kappa shape index (κ2) is 29.3. The van der Waals surface area contributed by atoms with Crippen molar-refractivity contribution >= 4 is 145 Å². The van der Waals surface area contributed by atoms with Crippen LogP contribution in [0.3, 0.4) is 0 Å². The Labute approximate surface area is 371 Å². The summed E-state index contributed by atoms with van der Waals surface area (Å²) in [6.45, 7) is 1.08. The first-order chi connectivity index (χ1) is 25.9. The van der Waals surface area contributed by atoms with E-state index in [9.17, 15) is 9.59 Å². The van der Waals surface area contributed by atoms with E-state index in [1.54, 1.807) is 24.5 Å². The molecule has 0 saturated heterocycles. The van der Waals surface area contributed by atoms with Crippen molar-refractivity contribution in [1.29, 1.82) is 0 Å². The number of fused-ring (bicyclic) bond motifs is 3. The molecule has 0 saturated carbocycles. The molecule has 0 unspecified atom stereocenters. The number of halogens is 7. The molecule has 320 valence electrons. The molecule has 0 amide bonds. The van der Waals surface area contributed by atoms with Gasteiger partial charge in [-0.15, -0.1) is 0 Å². The molecule has 0 fully saturated rings. The summed E-state index contributed by atoms with van der Waals surface area (Å²) in [7, 11) is 7.36. The fraction of sp³-hybridized carbons (Fsp3) is 0.0968. The van der Waals surface area contributed by atoms with Crippen molar-refractivity contribution in [2.45, 2.75) is 21.8 Å². The standard InChI is InChI=1S/C7H3Cl2N3.C7H5ClN4.C7H4ClN3O.C6H5ClN2O2.C2H4O2.2CH4.Cl2OS.H3N.H2O/c2*8-6-1-4-5(2-10-6)11-3-12-7(4)9;8-6-1-4-5(2-9-6)10-3-11-7(4)12;7-5-1-3(6(10)11)4(8)2-9-5;1-2(3)4;;;1-4(2)3;;/h1-3H;1-3H,(H2,9,11,12);1-3H,(H,10,11,12);1-2H,8H2,(H,10,11);1H3,(H,3,4);2*1H4;;1H3;1H2. The largest absolute Gasteiger partial charge is 0.481 e. The third-order valence-electron chi connectivity index (χ3n) is 5.58. The predicted molar refractivity (Wildman–Crippen MR) is 235 cm³/mol. The number of nitrogens with zero attached hydrogens (tertiary/aromatic N) is 9. The number of hydrogen-bond acceptors (Lipinski definition) is 16. The number of anilines is 2. The van der Waals surface area contributed by atoms with Crippen molar-refractivity contribution in [2.24, 2.45) is 0 Å². The van der Waals surface area contributed by atoms with Crippen LogP contribution in [0.2, 0.25) is 25.8 Å².